The van der Waals surface area contributed by atoms with Crippen LogP contribution in [0.25, 0.3) is 0 Å². The van der Waals surface area contributed by atoms with Gasteiger partial charge in [0.1, 0.15) is 14.6 Å². The van der Waals surface area contributed by atoms with E-state index in [1.54, 1.807) is 27.7 Å². The molecule has 1 aromatic rings. The smallest absolute Gasteiger partial charge is 0.350 e. The van der Waals surface area contributed by atoms with E-state index in [1.165, 1.54) is 0 Å². The van der Waals surface area contributed by atoms with Crippen molar-refractivity contribution in [1.82, 2.24) is 0 Å². The molecule has 0 aliphatic heterocycles. The Labute approximate surface area is 126 Å². The highest BCUT2D eigenvalue weighted by Crippen LogP contribution is 2.28. The fraction of sp³-hybridized carbons (Fsp3) is 0.500. The lowest BCUT2D eigenvalue weighted by molar-refractivity contribution is 0.0372. The van der Waals surface area contributed by atoms with Crippen molar-refractivity contribution >= 4 is 33.4 Å². The lowest BCUT2D eigenvalue weighted by Gasteiger charge is -2.07. The molecule has 7 nitrogen and oxygen atoms in total. The van der Waals surface area contributed by atoms with E-state index >= 15 is 0 Å². The van der Waals surface area contributed by atoms with Crippen molar-refractivity contribution in [2.24, 2.45) is 0 Å². The summed E-state index contributed by atoms with van der Waals surface area (Å²) in [5.74, 6) is -1.70. The molecule has 21 heavy (non-hydrogen) atoms. The maximum atomic E-state index is 11.8. The number of esters is 2. The maximum absolute atomic E-state index is 11.8. The Hall–Kier alpha value is -1.45. The van der Waals surface area contributed by atoms with Crippen LogP contribution in [0.1, 0.15) is 47.0 Å². The Balaban J connectivity index is 3.26. The first kappa shape index (κ1) is 17.6. The van der Waals surface area contributed by atoms with Crippen LogP contribution >= 0.6 is 11.3 Å². The van der Waals surface area contributed by atoms with E-state index in [4.69, 9.17) is 14.0 Å². The molecule has 0 atom stereocenters. The second-order valence-electron chi connectivity index (χ2n) is 4.69. The molecule has 9 heteroatoms. The average molecular weight is 336 g/mol. The summed E-state index contributed by atoms with van der Waals surface area (Å²) in [6, 6.07) is 0.904. The number of carbonyl (C=O) groups excluding carboxylic acids is 2. The molecule has 0 unspecified atom stereocenters. The summed E-state index contributed by atoms with van der Waals surface area (Å²) in [5.41, 5.74) is 0. The van der Waals surface area contributed by atoms with E-state index in [-0.39, 0.29) is 9.75 Å². The van der Waals surface area contributed by atoms with Crippen LogP contribution in [0.4, 0.5) is 0 Å². The van der Waals surface area contributed by atoms with E-state index in [0.717, 1.165) is 6.07 Å². The zero-order valence-electron chi connectivity index (χ0n) is 11.9. The van der Waals surface area contributed by atoms with Crippen LogP contribution in [0, 0.1) is 0 Å². The zero-order chi connectivity index (χ0) is 16.4. The number of carbonyl (C=O) groups is 2. The summed E-state index contributed by atoms with van der Waals surface area (Å²) in [5, 5.41) is 0. The molecule has 1 heterocycles. The van der Waals surface area contributed by atoms with Gasteiger partial charge in [-0.2, -0.15) is 8.42 Å². The minimum Gasteiger partial charge on any atom is -0.459 e. The predicted molar refractivity (Wildman–Crippen MR) is 75.2 cm³/mol. The minimum absolute atomic E-state index is 0.105. The second kappa shape index (κ2) is 6.54. The van der Waals surface area contributed by atoms with Gasteiger partial charge in [-0.15, -0.1) is 11.3 Å². The third kappa shape index (κ3) is 4.80. The molecule has 0 radical (unpaired) electrons. The highest BCUT2D eigenvalue weighted by molar-refractivity contribution is 7.86. The number of thiophene rings is 1. The van der Waals surface area contributed by atoms with Crippen LogP contribution in [-0.2, 0) is 19.6 Å². The van der Waals surface area contributed by atoms with Crippen molar-refractivity contribution in [1.29, 1.82) is 0 Å². The van der Waals surface area contributed by atoms with E-state index in [0.29, 0.717) is 11.3 Å². The largest absolute Gasteiger partial charge is 0.459 e. The van der Waals surface area contributed by atoms with Crippen LogP contribution in [0.5, 0.6) is 0 Å². The molecule has 0 amide bonds. The molecule has 0 aliphatic rings. The van der Waals surface area contributed by atoms with Gasteiger partial charge >= 0.3 is 11.9 Å². The molecule has 118 valence electrons. The maximum Gasteiger partial charge on any atom is 0.350 e. The predicted octanol–water partition coefficient (Wildman–Crippen LogP) is 2.13. The minimum atomic E-state index is -4.65. The highest BCUT2D eigenvalue weighted by Gasteiger charge is 2.28. The Morgan fingerprint density at radius 1 is 1.10 bits per heavy atom. The highest BCUT2D eigenvalue weighted by atomic mass is 32.2. The van der Waals surface area contributed by atoms with Crippen molar-refractivity contribution in [3.8, 4) is 0 Å². The first-order valence-corrected chi connectivity index (χ1v) is 8.31. The summed E-state index contributed by atoms with van der Waals surface area (Å²) >= 11 is 0.598. The lowest BCUT2D eigenvalue weighted by atomic mass is 10.4. The Bertz CT molecular complexity index is 641. The monoisotopic (exact) mass is 336 g/mol. The van der Waals surface area contributed by atoms with Crippen LogP contribution in [0.2, 0.25) is 0 Å². The zero-order valence-corrected chi connectivity index (χ0v) is 13.6. The molecule has 0 saturated carbocycles. The number of hydrogen-bond acceptors (Lipinski definition) is 7. The molecule has 0 aromatic carbocycles. The second-order valence-corrected chi connectivity index (χ2v) is 7.13. The molecule has 1 aromatic heterocycles. The fourth-order valence-electron chi connectivity index (χ4n) is 1.35. The molecule has 0 aliphatic carbocycles. The van der Waals surface area contributed by atoms with Gasteiger partial charge in [0.05, 0.1) is 12.2 Å². The van der Waals surface area contributed by atoms with E-state index in [9.17, 15) is 18.0 Å². The van der Waals surface area contributed by atoms with Gasteiger partial charge in [-0.3, -0.25) is 4.55 Å². The molecular formula is C12H16O7S2. The van der Waals surface area contributed by atoms with Crippen molar-refractivity contribution in [2.45, 2.75) is 44.8 Å². The summed E-state index contributed by atoms with van der Waals surface area (Å²) in [4.78, 5) is 22.5. The van der Waals surface area contributed by atoms with Gasteiger partial charge in [0.15, 0.2) is 0 Å². The van der Waals surface area contributed by atoms with Gasteiger partial charge in [0, 0.05) is 0 Å². The quantitative estimate of drug-likeness (QED) is 0.648. The molecule has 1 N–H and O–H groups in total. The van der Waals surface area contributed by atoms with E-state index in [2.05, 4.69) is 0 Å². The van der Waals surface area contributed by atoms with Gasteiger partial charge in [-0.05, 0) is 33.8 Å². The van der Waals surface area contributed by atoms with Gasteiger partial charge in [-0.25, -0.2) is 9.59 Å². The molecule has 0 bridgehead atoms. The van der Waals surface area contributed by atoms with Crippen molar-refractivity contribution < 1.29 is 32.0 Å². The van der Waals surface area contributed by atoms with E-state index < -0.39 is 39.2 Å². The Morgan fingerprint density at radius 3 is 2.00 bits per heavy atom. The van der Waals surface area contributed by atoms with E-state index in [1.807, 2.05) is 0 Å². The molecule has 0 spiro atoms. The summed E-state index contributed by atoms with van der Waals surface area (Å²) in [6.45, 7) is 6.44. The SMILES string of the molecule is CC(C)OC(=O)c1cc(S(=O)(=O)O)c(C(=O)OC(C)C)s1. The average Bonchev–Trinajstić information content (AvgIpc) is 2.71. The third-order valence-electron chi connectivity index (χ3n) is 2.05. The lowest BCUT2D eigenvalue weighted by Crippen LogP contribution is -2.13. The normalized spacial score (nSPS) is 11.8. The Morgan fingerprint density at radius 2 is 1.57 bits per heavy atom. The van der Waals surface area contributed by atoms with Gasteiger partial charge in [0.2, 0.25) is 0 Å². The number of hydrogen-bond donors (Lipinski definition) is 1. The fourth-order valence-corrected chi connectivity index (χ4v) is 3.27. The van der Waals surface area contributed by atoms with Crippen LogP contribution in [-0.4, -0.2) is 37.1 Å². The van der Waals surface area contributed by atoms with Crippen molar-refractivity contribution in [2.75, 3.05) is 0 Å². The van der Waals surface area contributed by atoms with Crippen LogP contribution < -0.4 is 0 Å². The third-order valence-corrected chi connectivity index (χ3v) is 4.15. The molecular weight excluding hydrogens is 320 g/mol. The summed E-state index contributed by atoms with van der Waals surface area (Å²) < 4.78 is 41.6. The first-order chi connectivity index (χ1) is 9.52. The molecule has 0 saturated heterocycles. The van der Waals surface area contributed by atoms with Gasteiger partial charge in [0.25, 0.3) is 10.1 Å². The topological polar surface area (TPSA) is 107 Å². The first-order valence-electron chi connectivity index (χ1n) is 6.05. The molecule has 1 rings (SSSR count). The standard InChI is InChI=1S/C12H16O7S2/c1-6(2)18-11(13)8-5-9(21(15,16)17)10(20-8)12(14)19-7(3)4/h5-7H,1-4H3,(H,15,16,17). The van der Waals surface area contributed by atoms with Crippen molar-refractivity contribution in [3.63, 3.8) is 0 Å². The van der Waals surface area contributed by atoms with Gasteiger partial charge in [-0.1, -0.05) is 0 Å². The Kier molecular flexibility index (Phi) is 5.48. The molecule has 0 fully saturated rings. The van der Waals surface area contributed by atoms with Gasteiger partial charge < -0.3 is 9.47 Å². The number of rotatable bonds is 5. The van der Waals surface area contributed by atoms with Crippen molar-refractivity contribution in [3.05, 3.63) is 15.8 Å². The van der Waals surface area contributed by atoms with Crippen LogP contribution in [0.15, 0.2) is 11.0 Å². The van der Waals surface area contributed by atoms with Crippen LogP contribution in [0.3, 0.4) is 0 Å². The number of ether oxygens (including phenoxy) is 2. The summed E-state index contributed by atoms with van der Waals surface area (Å²) in [6.07, 6.45) is -0.875. The summed E-state index contributed by atoms with van der Waals surface area (Å²) in [7, 11) is -4.65.